The summed E-state index contributed by atoms with van der Waals surface area (Å²) in [5.74, 6) is -2.07. The van der Waals surface area contributed by atoms with Gasteiger partial charge < -0.3 is 14.7 Å². The van der Waals surface area contributed by atoms with Crippen molar-refractivity contribution in [2.75, 3.05) is 43.4 Å². The molecule has 46 heavy (non-hydrogen) atoms. The lowest BCUT2D eigenvalue weighted by Crippen LogP contribution is -2.45. The van der Waals surface area contributed by atoms with E-state index in [-0.39, 0.29) is 50.5 Å². The van der Waals surface area contributed by atoms with E-state index in [0.29, 0.717) is 37.3 Å². The van der Waals surface area contributed by atoms with E-state index in [9.17, 15) is 18.1 Å². The summed E-state index contributed by atoms with van der Waals surface area (Å²) in [6.07, 6.45) is 4.43. The molecule has 8 rings (SSSR count). The molecule has 4 aliphatic rings. The second-order valence-corrected chi connectivity index (χ2v) is 15.3. The number of aromatic hydroxyl groups is 1. The normalized spacial score (nSPS) is 26.0. The van der Waals surface area contributed by atoms with Crippen molar-refractivity contribution < 1.29 is 31.6 Å². The van der Waals surface area contributed by atoms with Crippen LogP contribution >= 0.6 is 0 Å². The molecule has 242 valence electrons. The van der Waals surface area contributed by atoms with Crippen molar-refractivity contribution in [3.63, 3.8) is 0 Å². The number of ether oxygens (including phenoxy) is 1. The number of hydrogen-bond acceptors (Lipinski definition) is 7. The van der Waals surface area contributed by atoms with Crippen LogP contribution in [-0.4, -0.2) is 79.2 Å². The van der Waals surface area contributed by atoms with Gasteiger partial charge in [0.15, 0.2) is 17.5 Å². The Bertz CT molecular complexity index is 1900. The van der Waals surface area contributed by atoms with Crippen LogP contribution in [0.5, 0.6) is 11.8 Å². The molecule has 5 heterocycles. The summed E-state index contributed by atoms with van der Waals surface area (Å²) < 4.78 is 79.5. The van der Waals surface area contributed by atoms with Crippen LogP contribution in [0, 0.1) is 17.5 Å². The van der Waals surface area contributed by atoms with Gasteiger partial charge in [-0.2, -0.15) is 9.97 Å². The van der Waals surface area contributed by atoms with Crippen LogP contribution in [0.3, 0.4) is 0 Å². The molecule has 0 radical (unpaired) electrons. The van der Waals surface area contributed by atoms with Gasteiger partial charge in [-0.1, -0.05) is 12.1 Å². The van der Waals surface area contributed by atoms with E-state index < -0.39 is 40.0 Å². The molecule has 4 aliphatic heterocycles. The van der Waals surface area contributed by atoms with Gasteiger partial charge in [-0.25, -0.2) is 17.6 Å². The average molecular weight is 655 g/mol. The third-order valence-electron chi connectivity index (χ3n) is 10.7. The summed E-state index contributed by atoms with van der Waals surface area (Å²) in [6, 6.07) is 7.87. The van der Waals surface area contributed by atoms with E-state index in [1.807, 2.05) is 4.90 Å². The van der Waals surface area contributed by atoms with Crippen molar-refractivity contribution in [3.8, 4) is 22.9 Å². The van der Waals surface area contributed by atoms with E-state index >= 15 is 8.78 Å². The highest BCUT2D eigenvalue weighted by molar-refractivity contribution is 7.86. The smallest absolute Gasteiger partial charge is 0.319 e. The van der Waals surface area contributed by atoms with Gasteiger partial charge in [-0.3, -0.25) is 9.11 Å². The van der Waals surface area contributed by atoms with Crippen LogP contribution < -0.4 is 9.64 Å². The van der Waals surface area contributed by atoms with Gasteiger partial charge in [0.1, 0.15) is 29.9 Å². The van der Waals surface area contributed by atoms with Crippen molar-refractivity contribution in [1.29, 1.82) is 0 Å². The summed E-state index contributed by atoms with van der Waals surface area (Å²) in [5.41, 5.74) is -0.613. The first-order valence-electron chi connectivity index (χ1n) is 15.9. The van der Waals surface area contributed by atoms with E-state index in [1.165, 1.54) is 24.3 Å². The van der Waals surface area contributed by atoms with Crippen LogP contribution in [0.1, 0.15) is 44.9 Å². The Kier molecular flexibility index (Phi) is 7.17. The molecule has 1 spiro atoms. The number of aromatic nitrogens is 2. The number of phenolic OH excluding ortho intramolecular Hbond substituents is 1. The average Bonchev–Trinajstić information content (AvgIpc) is 3.69. The molecule has 0 aliphatic carbocycles. The maximum Gasteiger partial charge on any atom is 0.319 e. The molecule has 4 saturated heterocycles. The van der Waals surface area contributed by atoms with Crippen LogP contribution in [0.15, 0.2) is 36.4 Å². The van der Waals surface area contributed by atoms with Gasteiger partial charge in [0.25, 0.3) is 0 Å². The second-order valence-electron chi connectivity index (χ2n) is 13.3. The summed E-state index contributed by atoms with van der Waals surface area (Å²) in [7, 11) is -0.884. The first-order chi connectivity index (χ1) is 22.2. The molecule has 0 saturated carbocycles. The van der Waals surface area contributed by atoms with Gasteiger partial charge in [0, 0.05) is 63.7 Å². The Balaban J connectivity index is 1.23. The van der Waals surface area contributed by atoms with Crippen molar-refractivity contribution in [1.82, 2.24) is 14.9 Å². The predicted molar refractivity (Wildman–Crippen MR) is 169 cm³/mol. The van der Waals surface area contributed by atoms with Gasteiger partial charge in [0.2, 0.25) is 0 Å². The van der Waals surface area contributed by atoms with E-state index in [2.05, 4.69) is 9.88 Å². The zero-order chi connectivity index (χ0) is 31.8. The molecule has 1 unspecified atom stereocenters. The van der Waals surface area contributed by atoms with Crippen molar-refractivity contribution >= 4 is 38.3 Å². The summed E-state index contributed by atoms with van der Waals surface area (Å²) in [5, 5.41) is 10.9. The minimum Gasteiger partial charge on any atom is -0.508 e. The number of phenols is 1. The van der Waals surface area contributed by atoms with Crippen LogP contribution in [0.2, 0.25) is 0 Å². The van der Waals surface area contributed by atoms with Gasteiger partial charge in [0.05, 0.1) is 5.54 Å². The number of alkyl halides is 1. The van der Waals surface area contributed by atoms with Crippen molar-refractivity contribution in [2.45, 2.75) is 61.4 Å². The molecular weight excluding hydrogens is 620 g/mol. The highest BCUT2D eigenvalue weighted by Gasteiger charge is 2.49. The number of halogens is 4. The molecule has 0 bridgehead atoms. The second kappa shape index (κ2) is 11.0. The van der Waals surface area contributed by atoms with E-state index in [4.69, 9.17) is 9.72 Å². The van der Waals surface area contributed by atoms with Gasteiger partial charge in [-0.05, 0) is 80.3 Å². The zero-order valence-electron chi connectivity index (χ0n) is 25.2. The SMILES string of the molecule is O=S1CCCC12CCN(c1nc(OC[C@@]34CCCN3C[C@H](F)C4)nc3c(F)c(-c4cc(O)cc5ccc(F)c(F)c45)ccc13)CC2. The van der Waals surface area contributed by atoms with Crippen LogP contribution in [0.4, 0.5) is 23.4 Å². The lowest BCUT2D eigenvalue weighted by atomic mass is 9.91. The summed E-state index contributed by atoms with van der Waals surface area (Å²) >= 11 is 0. The quantitative estimate of drug-likeness (QED) is 0.249. The number of fused-ring (bicyclic) bond motifs is 3. The number of nitrogens with zero attached hydrogens (tertiary/aromatic N) is 4. The molecular formula is C34H34F4N4O3S. The Morgan fingerprint density at radius 2 is 1.78 bits per heavy atom. The molecule has 1 aromatic heterocycles. The first-order valence-corrected chi connectivity index (χ1v) is 17.3. The number of rotatable bonds is 5. The highest BCUT2D eigenvalue weighted by Crippen LogP contribution is 2.44. The molecule has 1 N–H and O–H groups in total. The van der Waals surface area contributed by atoms with Crippen molar-refractivity contribution in [2.24, 2.45) is 0 Å². The third kappa shape index (κ3) is 4.73. The monoisotopic (exact) mass is 654 g/mol. The summed E-state index contributed by atoms with van der Waals surface area (Å²) in [4.78, 5) is 13.4. The minimum absolute atomic E-state index is 0.0157. The number of anilines is 1. The fraction of sp³-hybridized carbons (Fsp3) is 0.471. The van der Waals surface area contributed by atoms with Gasteiger partial charge in [-0.15, -0.1) is 0 Å². The number of benzene rings is 3. The molecule has 4 aromatic rings. The topological polar surface area (TPSA) is 78.8 Å². The molecule has 0 amide bonds. The molecule has 12 heteroatoms. The first kappa shape index (κ1) is 29.9. The molecule has 4 fully saturated rings. The summed E-state index contributed by atoms with van der Waals surface area (Å²) in [6.45, 7) is 2.45. The number of hydrogen-bond donors (Lipinski definition) is 1. The predicted octanol–water partition coefficient (Wildman–Crippen LogP) is 6.41. The largest absolute Gasteiger partial charge is 0.508 e. The Morgan fingerprint density at radius 1 is 0.957 bits per heavy atom. The van der Waals surface area contributed by atoms with E-state index in [0.717, 1.165) is 56.9 Å². The fourth-order valence-electron chi connectivity index (χ4n) is 8.34. The maximum absolute atomic E-state index is 16.7. The van der Waals surface area contributed by atoms with Gasteiger partial charge >= 0.3 is 6.01 Å². The Morgan fingerprint density at radius 3 is 2.57 bits per heavy atom. The Labute approximate surface area is 266 Å². The lowest BCUT2D eigenvalue weighted by Gasteiger charge is -2.39. The molecule has 3 aromatic carbocycles. The fourth-order valence-corrected chi connectivity index (χ4v) is 10.2. The molecule has 7 nitrogen and oxygen atoms in total. The number of piperidine rings is 1. The Hall–Kier alpha value is -3.51. The lowest BCUT2D eigenvalue weighted by molar-refractivity contribution is 0.107. The zero-order valence-corrected chi connectivity index (χ0v) is 26.0. The minimum atomic E-state index is -1.14. The maximum atomic E-state index is 16.7. The molecule has 3 atom stereocenters. The third-order valence-corrected chi connectivity index (χ3v) is 12.9. The highest BCUT2D eigenvalue weighted by atomic mass is 32.2. The van der Waals surface area contributed by atoms with Crippen LogP contribution in [-0.2, 0) is 10.8 Å². The van der Waals surface area contributed by atoms with E-state index in [1.54, 1.807) is 6.07 Å². The van der Waals surface area contributed by atoms with Crippen molar-refractivity contribution in [3.05, 3.63) is 53.8 Å². The standard InChI is InChI=1S/C34H34F4N4O3S/c35-21-17-33(7-1-11-42(33)18-21)19-45-32-39-30-24(31(40-32)41-12-9-34(10-13-41)8-2-14-46(34)44)5-4-23(28(30)37)25-16-22(43)15-20-3-6-26(36)29(38)27(20)25/h3-6,15-16,21,43H,1-2,7-14,17-19H2/t21-,33+,46?/m1/s1. The van der Waals surface area contributed by atoms with Crippen LogP contribution in [0.25, 0.3) is 32.8 Å².